The van der Waals surface area contributed by atoms with E-state index in [-0.39, 0.29) is 0 Å². The topological polar surface area (TPSA) is 30.7 Å². The van der Waals surface area contributed by atoms with Gasteiger partial charge in [0.2, 0.25) is 0 Å². The van der Waals surface area contributed by atoms with E-state index in [1.54, 1.807) is 0 Å². The van der Waals surface area contributed by atoms with Crippen LogP contribution in [0.25, 0.3) is 0 Å². The lowest BCUT2D eigenvalue weighted by Crippen LogP contribution is -2.12. The third kappa shape index (κ3) is 0.928. The highest BCUT2D eigenvalue weighted by atomic mass is 15.3. The molecule has 0 saturated heterocycles. The van der Waals surface area contributed by atoms with E-state index in [9.17, 15) is 0 Å². The lowest BCUT2D eigenvalue weighted by Gasteiger charge is -2.17. The van der Waals surface area contributed by atoms with E-state index in [4.69, 9.17) is 0 Å². The molecular formula is C11H17N3. The second kappa shape index (κ2) is 2.59. The number of nitrogens with zero attached hydrogens (tertiary/aromatic N) is 3. The Morgan fingerprint density at radius 3 is 2.93 bits per heavy atom. The molecule has 1 saturated carbocycles. The van der Waals surface area contributed by atoms with Crippen molar-refractivity contribution < 1.29 is 0 Å². The summed E-state index contributed by atoms with van der Waals surface area (Å²) in [5.41, 5.74) is 0. The van der Waals surface area contributed by atoms with Crippen LogP contribution in [0, 0.1) is 23.7 Å². The summed E-state index contributed by atoms with van der Waals surface area (Å²) in [5.74, 6) is 5.35. The normalized spacial score (nSPS) is 35.6. The van der Waals surface area contributed by atoms with E-state index in [0.717, 1.165) is 36.1 Å². The summed E-state index contributed by atoms with van der Waals surface area (Å²) in [6.07, 6.45) is 1.87. The average molecular weight is 191 g/mol. The fourth-order valence-corrected chi connectivity index (χ4v) is 3.05. The van der Waals surface area contributed by atoms with Gasteiger partial charge in [-0.15, -0.1) is 10.2 Å². The van der Waals surface area contributed by atoms with Crippen molar-refractivity contribution >= 4 is 0 Å². The zero-order valence-electron chi connectivity index (χ0n) is 9.01. The number of hydrogen-bond donors (Lipinski definition) is 0. The van der Waals surface area contributed by atoms with Crippen LogP contribution in [0.5, 0.6) is 0 Å². The van der Waals surface area contributed by atoms with Crippen molar-refractivity contribution in [3.8, 4) is 0 Å². The molecule has 0 bridgehead atoms. The van der Waals surface area contributed by atoms with Gasteiger partial charge < -0.3 is 4.57 Å². The Kier molecular flexibility index (Phi) is 1.56. The summed E-state index contributed by atoms with van der Waals surface area (Å²) in [4.78, 5) is 0. The first kappa shape index (κ1) is 8.45. The first-order chi connectivity index (χ1) is 6.70. The summed E-state index contributed by atoms with van der Waals surface area (Å²) in [6, 6.07) is 0. The Morgan fingerprint density at radius 1 is 1.43 bits per heavy atom. The largest absolute Gasteiger partial charge is 0.317 e. The summed E-state index contributed by atoms with van der Waals surface area (Å²) in [5, 5.41) is 8.20. The lowest BCUT2D eigenvalue weighted by molar-refractivity contribution is 0.335. The molecule has 1 fully saturated rings. The summed E-state index contributed by atoms with van der Waals surface area (Å²) in [6.45, 7) is 8.19. The van der Waals surface area contributed by atoms with Gasteiger partial charge in [0.05, 0.1) is 0 Å². The fourth-order valence-electron chi connectivity index (χ4n) is 3.05. The van der Waals surface area contributed by atoms with Crippen molar-refractivity contribution in [3.63, 3.8) is 0 Å². The van der Waals surface area contributed by atoms with E-state index < -0.39 is 0 Å². The average Bonchev–Trinajstić information content (AvgIpc) is 2.55. The van der Waals surface area contributed by atoms with Gasteiger partial charge in [0.25, 0.3) is 0 Å². The minimum absolute atomic E-state index is 0.731. The monoisotopic (exact) mass is 191 g/mol. The van der Waals surface area contributed by atoms with Gasteiger partial charge in [0, 0.05) is 12.5 Å². The molecule has 2 aliphatic rings. The van der Waals surface area contributed by atoms with Gasteiger partial charge in [-0.2, -0.15) is 0 Å². The molecule has 2 heterocycles. The summed E-state index contributed by atoms with van der Waals surface area (Å²) >= 11 is 0. The van der Waals surface area contributed by atoms with Crippen LogP contribution in [0.3, 0.4) is 0 Å². The molecule has 14 heavy (non-hydrogen) atoms. The van der Waals surface area contributed by atoms with E-state index in [2.05, 4.69) is 35.5 Å². The lowest BCUT2D eigenvalue weighted by atomic mass is 9.90. The molecule has 3 heteroatoms. The molecule has 1 aliphatic heterocycles. The zero-order chi connectivity index (χ0) is 9.87. The fraction of sp³-hybridized carbons (Fsp3) is 0.818. The zero-order valence-corrected chi connectivity index (χ0v) is 9.01. The SMILES string of the molecule is CC(C)C(C)C1C2Cn3cnnc3C21. The van der Waals surface area contributed by atoms with Crippen molar-refractivity contribution in [2.75, 3.05) is 0 Å². The Hall–Kier alpha value is -0.860. The molecule has 3 nitrogen and oxygen atoms in total. The third-order valence-corrected chi connectivity index (χ3v) is 4.24. The van der Waals surface area contributed by atoms with Gasteiger partial charge in [0.15, 0.2) is 0 Å². The van der Waals surface area contributed by atoms with Crippen LogP contribution in [0.2, 0.25) is 0 Å². The molecule has 4 atom stereocenters. The van der Waals surface area contributed by atoms with Gasteiger partial charge in [0.1, 0.15) is 12.2 Å². The van der Waals surface area contributed by atoms with Gasteiger partial charge in [-0.1, -0.05) is 20.8 Å². The molecule has 0 amide bonds. The van der Waals surface area contributed by atoms with Gasteiger partial charge >= 0.3 is 0 Å². The first-order valence-electron chi connectivity index (χ1n) is 5.58. The Bertz CT molecular complexity index is 355. The molecule has 1 aromatic heterocycles. The van der Waals surface area contributed by atoms with Gasteiger partial charge in [-0.3, -0.25) is 0 Å². The number of hydrogen-bond acceptors (Lipinski definition) is 2. The standard InChI is InChI=1S/C11H17N3/c1-6(2)7(3)9-8-4-14-5-12-13-11(14)10(8)9/h5-10H,4H2,1-3H3. The quantitative estimate of drug-likeness (QED) is 0.715. The molecule has 1 aliphatic carbocycles. The van der Waals surface area contributed by atoms with Crippen LogP contribution >= 0.6 is 0 Å². The maximum atomic E-state index is 4.22. The van der Waals surface area contributed by atoms with Gasteiger partial charge in [-0.25, -0.2) is 0 Å². The van der Waals surface area contributed by atoms with E-state index >= 15 is 0 Å². The van der Waals surface area contributed by atoms with Crippen molar-refractivity contribution in [3.05, 3.63) is 12.2 Å². The first-order valence-corrected chi connectivity index (χ1v) is 5.58. The predicted molar refractivity (Wildman–Crippen MR) is 53.7 cm³/mol. The molecular weight excluding hydrogens is 174 g/mol. The highest BCUT2D eigenvalue weighted by molar-refractivity contribution is 5.21. The van der Waals surface area contributed by atoms with Crippen LogP contribution in [-0.2, 0) is 6.54 Å². The molecule has 0 N–H and O–H groups in total. The van der Waals surface area contributed by atoms with Crippen LogP contribution in [0.15, 0.2) is 6.33 Å². The number of fused-ring (bicyclic) bond motifs is 3. The second-order valence-corrected chi connectivity index (χ2v) is 5.21. The Labute approximate surface area is 84.5 Å². The Morgan fingerprint density at radius 2 is 2.21 bits per heavy atom. The second-order valence-electron chi connectivity index (χ2n) is 5.21. The third-order valence-electron chi connectivity index (χ3n) is 4.24. The molecule has 4 unspecified atom stereocenters. The van der Waals surface area contributed by atoms with E-state index in [1.165, 1.54) is 5.82 Å². The van der Waals surface area contributed by atoms with E-state index in [0.29, 0.717) is 0 Å². The minimum atomic E-state index is 0.731. The highest BCUT2D eigenvalue weighted by Gasteiger charge is 2.59. The van der Waals surface area contributed by atoms with Crippen LogP contribution in [0.1, 0.15) is 32.5 Å². The molecule has 3 rings (SSSR count). The van der Waals surface area contributed by atoms with Crippen molar-refractivity contribution in [2.24, 2.45) is 23.7 Å². The predicted octanol–water partition coefficient (Wildman–Crippen LogP) is 1.91. The van der Waals surface area contributed by atoms with E-state index in [1.807, 2.05) is 6.33 Å². The van der Waals surface area contributed by atoms with Crippen LogP contribution in [-0.4, -0.2) is 14.8 Å². The summed E-state index contributed by atoms with van der Waals surface area (Å²) in [7, 11) is 0. The maximum Gasteiger partial charge on any atom is 0.136 e. The molecule has 0 aromatic carbocycles. The van der Waals surface area contributed by atoms with Gasteiger partial charge in [-0.05, 0) is 23.7 Å². The maximum absolute atomic E-state index is 4.22. The Balaban J connectivity index is 1.81. The van der Waals surface area contributed by atoms with Crippen LogP contribution in [0.4, 0.5) is 0 Å². The molecule has 0 spiro atoms. The summed E-state index contributed by atoms with van der Waals surface area (Å²) < 4.78 is 2.22. The van der Waals surface area contributed by atoms with Crippen molar-refractivity contribution in [1.29, 1.82) is 0 Å². The minimum Gasteiger partial charge on any atom is -0.317 e. The molecule has 0 radical (unpaired) electrons. The highest BCUT2D eigenvalue weighted by Crippen LogP contribution is 2.62. The van der Waals surface area contributed by atoms with Crippen molar-refractivity contribution in [1.82, 2.24) is 14.8 Å². The number of rotatable bonds is 2. The molecule has 1 aromatic rings. The van der Waals surface area contributed by atoms with Crippen molar-refractivity contribution in [2.45, 2.75) is 33.2 Å². The van der Waals surface area contributed by atoms with Crippen LogP contribution < -0.4 is 0 Å². The molecule has 76 valence electrons. The smallest absolute Gasteiger partial charge is 0.136 e. The number of aromatic nitrogens is 3.